The maximum absolute atomic E-state index is 5.89. The minimum Gasteiger partial charge on any atom is -0.377 e. The number of likely N-dealkylation sites (N-methyl/N-ethyl adjacent to an activating group) is 1. The van der Waals surface area contributed by atoms with Crippen LogP contribution in [0.2, 0.25) is 0 Å². The Balaban J connectivity index is 2.58. The Labute approximate surface area is 105 Å². The summed E-state index contributed by atoms with van der Waals surface area (Å²) < 4.78 is 5.89. The second-order valence-electron chi connectivity index (χ2n) is 4.38. The molecule has 0 amide bonds. The SMILES string of the molecule is CCCCOC(C)C(NCC)c1ccccc1. The molecule has 17 heavy (non-hydrogen) atoms. The molecular weight excluding hydrogens is 210 g/mol. The number of ether oxygens (including phenoxy) is 1. The zero-order valence-corrected chi connectivity index (χ0v) is 11.3. The second-order valence-corrected chi connectivity index (χ2v) is 4.38. The van der Waals surface area contributed by atoms with Gasteiger partial charge in [0, 0.05) is 6.61 Å². The molecule has 1 aromatic carbocycles. The molecule has 1 N–H and O–H groups in total. The molecular formula is C15H25NO. The lowest BCUT2D eigenvalue weighted by molar-refractivity contribution is 0.0372. The Hall–Kier alpha value is -0.860. The molecule has 2 atom stereocenters. The maximum atomic E-state index is 5.89. The van der Waals surface area contributed by atoms with Gasteiger partial charge in [0.05, 0.1) is 12.1 Å². The highest BCUT2D eigenvalue weighted by atomic mass is 16.5. The fraction of sp³-hybridized carbons (Fsp3) is 0.600. The summed E-state index contributed by atoms with van der Waals surface area (Å²) in [6, 6.07) is 10.8. The second kappa shape index (κ2) is 8.26. The van der Waals surface area contributed by atoms with E-state index in [1.807, 2.05) is 0 Å². The van der Waals surface area contributed by atoms with Crippen LogP contribution in [0.3, 0.4) is 0 Å². The third-order valence-corrected chi connectivity index (χ3v) is 2.93. The molecule has 0 spiro atoms. The number of rotatable bonds is 8. The Bertz CT molecular complexity index is 286. The van der Waals surface area contributed by atoms with Gasteiger partial charge in [0.1, 0.15) is 0 Å². The fourth-order valence-electron chi connectivity index (χ4n) is 1.94. The Kier molecular flexibility index (Phi) is 6.90. The van der Waals surface area contributed by atoms with Crippen LogP contribution in [0.5, 0.6) is 0 Å². The van der Waals surface area contributed by atoms with Crippen LogP contribution in [0.15, 0.2) is 30.3 Å². The van der Waals surface area contributed by atoms with Gasteiger partial charge in [-0.3, -0.25) is 0 Å². The summed E-state index contributed by atoms with van der Waals surface area (Å²) >= 11 is 0. The van der Waals surface area contributed by atoms with Gasteiger partial charge in [0.15, 0.2) is 0 Å². The standard InChI is InChI=1S/C15H25NO/c1-4-6-12-17-13(3)15(16-5-2)14-10-8-7-9-11-14/h7-11,13,15-16H,4-6,12H2,1-3H3. The molecule has 0 bridgehead atoms. The minimum absolute atomic E-state index is 0.212. The predicted molar refractivity (Wildman–Crippen MR) is 73.2 cm³/mol. The fourth-order valence-corrected chi connectivity index (χ4v) is 1.94. The third kappa shape index (κ3) is 4.88. The molecule has 96 valence electrons. The van der Waals surface area contributed by atoms with E-state index >= 15 is 0 Å². The highest BCUT2D eigenvalue weighted by Crippen LogP contribution is 2.19. The number of benzene rings is 1. The van der Waals surface area contributed by atoms with Crippen LogP contribution in [-0.2, 0) is 4.74 Å². The number of nitrogens with one attached hydrogen (secondary N) is 1. The lowest BCUT2D eigenvalue weighted by Crippen LogP contribution is -2.32. The smallest absolute Gasteiger partial charge is 0.0741 e. The first-order valence-electron chi connectivity index (χ1n) is 6.69. The molecule has 1 rings (SSSR count). The van der Waals surface area contributed by atoms with E-state index in [9.17, 15) is 0 Å². The monoisotopic (exact) mass is 235 g/mol. The Morgan fingerprint density at radius 3 is 2.47 bits per heavy atom. The highest BCUT2D eigenvalue weighted by Gasteiger charge is 2.18. The molecule has 0 radical (unpaired) electrons. The van der Waals surface area contributed by atoms with E-state index in [0.29, 0.717) is 0 Å². The van der Waals surface area contributed by atoms with Gasteiger partial charge >= 0.3 is 0 Å². The largest absolute Gasteiger partial charge is 0.377 e. The summed E-state index contributed by atoms with van der Waals surface area (Å²) in [5, 5.41) is 3.50. The van der Waals surface area contributed by atoms with Crippen molar-refractivity contribution in [1.82, 2.24) is 5.32 Å². The average Bonchev–Trinajstić information content (AvgIpc) is 2.37. The van der Waals surface area contributed by atoms with E-state index < -0.39 is 0 Å². The van der Waals surface area contributed by atoms with Crippen LogP contribution in [0.4, 0.5) is 0 Å². The first-order valence-corrected chi connectivity index (χ1v) is 6.69. The van der Waals surface area contributed by atoms with Gasteiger partial charge in [0.2, 0.25) is 0 Å². The minimum atomic E-state index is 0.212. The lowest BCUT2D eigenvalue weighted by atomic mass is 10.0. The van der Waals surface area contributed by atoms with Crippen molar-refractivity contribution in [2.24, 2.45) is 0 Å². The molecule has 2 heteroatoms. The van der Waals surface area contributed by atoms with Crippen molar-refractivity contribution in [2.75, 3.05) is 13.2 Å². The van der Waals surface area contributed by atoms with Crippen molar-refractivity contribution in [2.45, 2.75) is 45.8 Å². The molecule has 0 aromatic heterocycles. The molecule has 0 fully saturated rings. The van der Waals surface area contributed by atoms with E-state index in [0.717, 1.165) is 19.6 Å². The number of hydrogen-bond donors (Lipinski definition) is 1. The average molecular weight is 235 g/mol. The summed E-state index contributed by atoms with van der Waals surface area (Å²) in [5.41, 5.74) is 1.30. The van der Waals surface area contributed by atoms with Gasteiger partial charge in [-0.25, -0.2) is 0 Å². The maximum Gasteiger partial charge on any atom is 0.0741 e. The molecule has 2 unspecified atom stereocenters. The van der Waals surface area contributed by atoms with Crippen molar-refractivity contribution in [3.05, 3.63) is 35.9 Å². The van der Waals surface area contributed by atoms with Gasteiger partial charge in [0.25, 0.3) is 0 Å². The summed E-state index contributed by atoms with van der Waals surface area (Å²) in [4.78, 5) is 0. The highest BCUT2D eigenvalue weighted by molar-refractivity contribution is 5.19. The molecule has 0 aliphatic rings. The van der Waals surface area contributed by atoms with Crippen LogP contribution < -0.4 is 5.32 Å². The third-order valence-electron chi connectivity index (χ3n) is 2.93. The summed E-state index contributed by atoms with van der Waals surface area (Å²) in [7, 11) is 0. The van der Waals surface area contributed by atoms with E-state index in [4.69, 9.17) is 4.74 Å². The van der Waals surface area contributed by atoms with E-state index in [1.165, 1.54) is 12.0 Å². The van der Waals surface area contributed by atoms with Gasteiger partial charge in [-0.05, 0) is 25.5 Å². The lowest BCUT2D eigenvalue weighted by Gasteiger charge is -2.25. The zero-order chi connectivity index (χ0) is 12.5. The van der Waals surface area contributed by atoms with Crippen LogP contribution >= 0.6 is 0 Å². The summed E-state index contributed by atoms with van der Waals surface area (Å²) in [6.07, 6.45) is 2.53. The Morgan fingerprint density at radius 1 is 1.18 bits per heavy atom. The molecule has 1 aromatic rings. The van der Waals surface area contributed by atoms with Gasteiger partial charge in [-0.1, -0.05) is 50.6 Å². The molecule has 0 heterocycles. The van der Waals surface area contributed by atoms with Gasteiger partial charge in [-0.15, -0.1) is 0 Å². The Morgan fingerprint density at radius 2 is 1.88 bits per heavy atom. The van der Waals surface area contributed by atoms with Crippen molar-refractivity contribution >= 4 is 0 Å². The zero-order valence-electron chi connectivity index (χ0n) is 11.3. The van der Waals surface area contributed by atoms with E-state index in [1.54, 1.807) is 0 Å². The van der Waals surface area contributed by atoms with Crippen molar-refractivity contribution in [1.29, 1.82) is 0 Å². The molecule has 0 saturated heterocycles. The van der Waals surface area contributed by atoms with Crippen molar-refractivity contribution in [3.8, 4) is 0 Å². The predicted octanol–water partition coefficient (Wildman–Crippen LogP) is 3.54. The first-order chi connectivity index (χ1) is 8.29. The molecule has 2 nitrogen and oxygen atoms in total. The van der Waals surface area contributed by atoms with Crippen LogP contribution in [0.1, 0.15) is 45.2 Å². The van der Waals surface area contributed by atoms with Crippen molar-refractivity contribution in [3.63, 3.8) is 0 Å². The summed E-state index contributed by atoms with van der Waals surface area (Å²) in [6.45, 7) is 8.28. The van der Waals surface area contributed by atoms with Gasteiger partial charge in [-0.2, -0.15) is 0 Å². The number of unbranched alkanes of at least 4 members (excludes halogenated alkanes) is 1. The summed E-state index contributed by atoms with van der Waals surface area (Å²) in [5.74, 6) is 0. The van der Waals surface area contributed by atoms with Crippen LogP contribution in [0.25, 0.3) is 0 Å². The van der Waals surface area contributed by atoms with Crippen LogP contribution in [0, 0.1) is 0 Å². The van der Waals surface area contributed by atoms with Crippen molar-refractivity contribution < 1.29 is 4.74 Å². The topological polar surface area (TPSA) is 21.3 Å². The molecule has 0 aliphatic heterocycles. The van der Waals surface area contributed by atoms with Gasteiger partial charge < -0.3 is 10.1 Å². The number of hydrogen-bond acceptors (Lipinski definition) is 2. The molecule has 0 saturated carbocycles. The van der Waals surface area contributed by atoms with E-state index in [-0.39, 0.29) is 12.1 Å². The first kappa shape index (κ1) is 14.2. The van der Waals surface area contributed by atoms with E-state index in [2.05, 4.69) is 56.4 Å². The van der Waals surface area contributed by atoms with Crippen LogP contribution in [-0.4, -0.2) is 19.3 Å². The quantitative estimate of drug-likeness (QED) is 0.696. The normalized spacial score (nSPS) is 14.5. The molecule has 0 aliphatic carbocycles.